The highest BCUT2D eigenvalue weighted by Gasteiger charge is 2.22. The zero-order valence-corrected chi connectivity index (χ0v) is 21.4. The van der Waals surface area contributed by atoms with Crippen molar-refractivity contribution in [3.05, 3.63) is 47.8 Å². The second-order valence-corrected chi connectivity index (χ2v) is 8.55. The molecule has 0 aromatic carbocycles. The second-order valence-electron chi connectivity index (χ2n) is 8.55. The van der Waals surface area contributed by atoms with Crippen LogP contribution in [0, 0.1) is 12.8 Å². The molecule has 2 fully saturated rings. The lowest BCUT2D eigenvalue weighted by molar-refractivity contribution is 0.288. The maximum absolute atomic E-state index is 5.80. The van der Waals surface area contributed by atoms with E-state index >= 15 is 0 Å². The van der Waals surface area contributed by atoms with Crippen LogP contribution in [0.3, 0.4) is 0 Å². The first-order valence-corrected chi connectivity index (χ1v) is 11.5. The summed E-state index contributed by atoms with van der Waals surface area (Å²) in [7, 11) is 0. The lowest BCUT2D eigenvalue weighted by Gasteiger charge is -2.33. The Morgan fingerprint density at radius 1 is 1.16 bits per heavy atom. The van der Waals surface area contributed by atoms with E-state index in [2.05, 4.69) is 51.5 Å². The van der Waals surface area contributed by atoms with Crippen LogP contribution in [0.15, 0.2) is 41.7 Å². The Morgan fingerprint density at radius 2 is 1.97 bits per heavy atom. The summed E-state index contributed by atoms with van der Waals surface area (Å²) in [6, 6.07) is 8.66. The van der Waals surface area contributed by atoms with Gasteiger partial charge in [0, 0.05) is 44.1 Å². The molecule has 0 spiro atoms. The largest absolute Gasteiger partial charge is 0.477 e. The number of nitrogens with zero attached hydrogens (tertiary/aromatic N) is 4. The zero-order chi connectivity index (χ0) is 21.5. The number of nitrogens with one attached hydrogen (secondary N) is 2. The first kappa shape index (κ1) is 24.5. The van der Waals surface area contributed by atoms with Crippen molar-refractivity contribution in [2.45, 2.75) is 52.1 Å². The quantitative estimate of drug-likeness (QED) is 0.295. The minimum absolute atomic E-state index is 0. The Hall–Kier alpha value is -2.10. The Kier molecular flexibility index (Phi) is 9.37. The monoisotopic (exact) mass is 550 g/mol. The Morgan fingerprint density at radius 3 is 2.66 bits per heavy atom. The number of pyridine rings is 2. The highest BCUT2D eigenvalue weighted by Crippen LogP contribution is 2.29. The second kappa shape index (κ2) is 12.2. The molecule has 7 nitrogen and oxygen atoms in total. The summed E-state index contributed by atoms with van der Waals surface area (Å²) in [5.41, 5.74) is 2.31. The van der Waals surface area contributed by atoms with Crippen molar-refractivity contribution in [3.63, 3.8) is 0 Å². The van der Waals surface area contributed by atoms with Crippen LogP contribution in [0.5, 0.6) is 5.88 Å². The third kappa shape index (κ3) is 7.50. The predicted octanol–water partition coefficient (Wildman–Crippen LogP) is 3.92. The normalized spacial score (nSPS) is 16.9. The number of hydrogen-bond donors (Lipinski definition) is 2. The van der Waals surface area contributed by atoms with Crippen molar-refractivity contribution in [1.82, 2.24) is 20.6 Å². The first-order chi connectivity index (χ1) is 15.2. The summed E-state index contributed by atoms with van der Waals surface area (Å²) in [6.45, 7) is 8.38. The van der Waals surface area contributed by atoms with E-state index in [1.54, 1.807) is 0 Å². The number of halogens is 1. The van der Waals surface area contributed by atoms with E-state index in [4.69, 9.17) is 9.73 Å². The van der Waals surface area contributed by atoms with Gasteiger partial charge in [0.15, 0.2) is 5.96 Å². The standard InChI is InChI=1S/C24H34N6O.HI/c1-3-25-24(28-16-20-8-11-26-23(14-20)31-17-19-5-6-19)29-21-9-12-30(13-10-21)22-7-4-18(2)15-27-22;/h4,7-8,11,14-15,19,21H,3,5-6,9-10,12-13,16-17H2,1-2H3,(H2,25,28,29);1H. The molecule has 2 aromatic rings. The topological polar surface area (TPSA) is 74.7 Å². The molecule has 0 amide bonds. The molecule has 0 unspecified atom stereocenters. The Labute approximate surface area is 208 Å². The van der Waals surface area contributed by atoms with Crippen LogP contribution in [-0.4, -0.2) is 48.2 Å². The third-order valence-corrected chi connectivity index (χ3v) is 5.78. The number of aryl methyl sites for hydroxylation is 1. The molecular formula is C24H35IN6O. The average molecular weight is 550 g/mol. The number of anilines is 1. The van der Waals surface area contributed by atoms with Gasteiger partial charge in [-0.25, -0.2) is 15.0 Å². The van der Waals surface area contributed by atoms with Crippen LogP contribution in [0.25, 0.3) is 0 Å². The van der Waals surface area contributed by atoms with E-state index in [-0.39, 0.29) is 24.0 Å². The summed E-state index contributed by atoms with van der Waals surface area (Å²) in [4.78, 5) is 16.1. The number of aliphatic imine (C=N–C) groups is 1. The number of ether oxygens (including phenoxy) is 1. The molecule has 2 aliphatic rings. The van der Waals surface area contributed by atoms with Crippen LogP contribution >= 0.6 is 24.0 Å². The Bertz CT molecular complexity index is 863. The molecule has 4 rings (SSSR count). The molecule has 174 valence electrons. The molecule has 2 N–H and O–H groups in total. The van der Waals surface area contributed by atoms with Crippen LogP contribution < -0.4 is 20.3 Å². The molecule has 1 aliphatic carbocycles. The van der Waals surface area contributed by atoms with Crippen molar-refractivity contribution in [3.8, 4) is 5.88 Å². The summed E-state index contributed by atoms with van der Waals surface area (Å²) in [6.07, 6.45) is 8.44. The highest BCUT2D eigenvalue weighted by atomic mass is 127. The fourth-order valence-electron chi connectivity index (χ4n) is 3.70. The van der Waals surface area contributed by atoms with E-state index in [0.29, 0.717) is 18.5 Å². The maximum atomic E-state index is 5.80. The number of rotatable bonds is 8. The predicted molar refractivity (Wildman–Crippen MR) is 140 cm³/mol. The van der Waals surface area contributed by atoms with E-state index in [1.807, 2.05) is 24.5 Å². The fourth-order valence-corrected chi connectivity index (χ4v) is 3.70. The molecule has 3 heterocycles. The smallest absolute Gasteiger partial charge is 0.213 e. The molecule has 1 aliphatic heterocycles. The van der Waals surface area contributed by atoms with Crippen molar-refractivity contribution >= 4 is 35.8 Å². The van der Waals surface area contributed by atoms with Gasteiger partial charge in [-0.05, 0) is 68.7 Å². The van der Waals surface area contributed by atoms with Gasteiger partial charge in [0.1, 0.15) is 5.82 Å². The number of aromatic nitrogens is 2. The number of guanidine groups is 1. The molecule has 8 heteroatoms. The first-order valence-electron chi connectivity index (χ1n) is 11.5. The summed E-state index contributed by atoms with van der Waals surface area (Å²) in [5.74, 6) is 3.37. The van der Waals surface area contributed by atoms with Gasteiger partial charge in [-0.15, -0.1) is 24.0 Å². The zero-order valence-electron chi connectivity index (χ0n) is 19.1. The minimum Gasteiger partial charge on any atom is -0.477 e. The maximum Gasteiger partial charge on any atom is 0.213 e. The third-order valence-electron chi connectivity index (χ3n) is 5.78. The molecule has 32 heavy (non-hydrogen) atoms. The van der Waals surface area contributed by atoms with Gasteiger partial charge in [-0.3, -0.25) is 0 Å². The minimum atomic E-state index is 0. The lowest BCUT2D eigenvalue weighted by atomic mass is 10.1. The molecule has 0 bridgehead atoms. The van der Waals surface area contributed by atoms with E-state index in [9.17, 15) is 0 Å². The van der Waals surface area contributed by atoms with Gasteiger partial charge in [-0.2, -0.15) is 0 Å². The molecule has 0 atom stereocenters. The van der Waals surface area contributed by atoms with Crippen LogP contribution in [0.1, 0.15) is 43.7 Å². The lowest BCUT2D eigenvalue weighted by Crippen LogP contribution is -2.48. The summed E-state index contributed by atoms with van der Waals surface area (Å²) in [5, 5.41) is 6.99. The molecular weight excluding hydrogens is 515 g/mol. The van der Waals surface area contributed by atoms with E-state index in [0.717, 1.165) is 62.3 Å². The van der Waals surface area contributed by atoms with Gasteiger partial charge >= 0.3 is 0 Å². The van der Waals surface area contributed by atoms with E-state index in [1.165, 1.54) is 18.4 Å². The van der Waals surface area contributed by atoms with E-state index < -0.39 is 0 Å². The number of piperidine rings is 1. The molecule has 0 radical (unpaired) electrons. The molecule has 1 saturated heterocycles. The van der Waals surface area contributed by atoms with Gasteiger partial charge in [-0.1, -0.05) is 6.07 Å². The summed E-state index contributed by atoms with van der Waals surface area (Å²) < 4.78 is 5.80. The Balaban J connectivity index is 0.00000289. The fraction of sp³-hybridized carbons (Fsp3) is 0.542. The van der Waals surface area contributed by atoms with Crippen LogP contribution in [-0.2, 0) is 6.54 Å². The van der Waals surface area contributed by atoms with Crippen LogP contribution in [0.2, 0.25) is 0 Å². The summed E-state index contributed by atoms with van der Waals surface area (Å²) >= 11 is 0. The average Bonchev–Trinajstić information content (AvgIpc) is 3.62. The SMILES string of the molecule is CCNC(=NCc1ccnc(OCC2CC2)c1)NC1CCN(c2ccc(C)cn2)CC1.I. The van der Waals surface area contributed by atoms with Crippen molar-refractivity contribution in [2.75, 3.05) is 31.1 Å². The number of hydrogen-bond acceptors (Lipinski definition) is 5. The molecule has 2 aromatic heterocycles. The van der Waals surface area contributed by atoms with Gasteiger partial charge < -0.3 is 20.3 Å². The highest BCUT2D eigenvalue weighted by molar-refractivity contribution is 14.0. The van der Waals surface area contributed by atoms with Crippen molar-refractivity contribution in [1.29, 1.82) is 0 Å². The van der Waals surface area contributed by atoms with Gasteiger partial charge in [0.05, 0.1) is 13.2 Å². The van der Waals surface area contributed by atoms with Gasteiger partial charge in [0.25, 0.3) is 0 Å². The van der Waals surface area contributed by atoms with Crippen molar-refractivity contribution in [2.24, 2.45) is 10.9 Å². The van der Waals surface area contributed by atoms with Crippen LogP contribution in [0.4, 0.5) is 5.82 Å². The van der Waals surface area contributed by atoms with Gasteiger partial charge in [0.2, 0.25) is 5.88 Å². The van der Waals surface area contributed by atoms with Crippen molar-refractivity contribution < 1.29 is 4.74 Å². The molecule has 1 saturated carbocycles.